The van der Waals surface area contributed by atoms with Crippen LogP contribution in [0.5, 0.6) is 0 Å². The lowest BCUT2D eigenvalue weighted by molar-refractivity contribution is 0.0687. The quantitative estimate of drug-likeness (QED) is 0.562. The van der Waals surface area contributed by atoms with Crippen molar-refractivity contribution in [2.75, 3.05) is 0 Å². The summed E-state index contributed by atoms with van der Waals surface area (Å²) in [5, 5.41) is 1.17. The molecule has 0 aliphatic heterocycles. The van der Waals surface area contributed by atoms with Crippen LogP contribution in [-0.2, 0) is 6.54 Å². The van der Waals surface area contributed by atoms with Crippen LogP contribution in [0.3, 0.4) is 0 Å². The van der Waals surface area contributed by atoms with Crippen LogP contribution in [0.25, 0.3) is 21.8 Å². The number of aromatic nitrogens is 3. The van der Waals surface area contributed by atoms with Gasteiger partial charge in [0.25, 0.3) is 11.5 Å². The largest absolute Gasteiger partial charge is 0.329 e. The second kappa shape index (κ2) is 7.35. The van der Waals surface area contributed by atoms with Gasteiger partial charge in [0.15, 0.2) is 0 Å². The highest BCUT2D eigenvalue weighted by Crippen LogP contribution is 2.19. The predicted molar refractivity (Wildman–Crippen MR) is 112 cm³/mol. The molecule has 7 heteroatoms. The normalized spacial score (nSPS) is 11.3. The van der Waals surface area contributed by atoms with Crippen LogP contribution in [0.2, 0.25) is 0 Å². The molecule has 4 rings (SSSR count). The van der Waals surface area contributed by atoms with Crippen molar-refractivity contribution in [3.05, 3.63) is 86.7 Å². The molecule has 7 nitrogen and oxygen atoms in total. The van der Waals surface area contributed by atoms with Gasteiger partial charge in [-0.1, -0.05) is 30.3 Å². The second-order valence-electron chi connectivity index (χ2n) is 7.15. The summed E-state index contributed by atoms with van der Waals surface area (Å²) >= 11 is 0. The molecule has 146 valence electrons. The maximum absolute atomic E-state index is 13.4. The molecular weight excluding hydrogens is 368 g/mol. The Hall–Kier alpha value is -3.74. The molecule has 4 aromatic rings. The fourth-order valence-electron chi connectivity index (χ4n) is 3.40. The summed E-state index contributed by atoms with van der Waals surface area (Å²) in [5.41, 5.74) is 0.908. The van der Waals surface area contributed by atoms with Gasteiger partial charge in [0.1, 0.15) is 5.82 Å². The van der Waals surface area contributed by atoms with E-state index < -0.39 is 0 Å². The SMILES string of the molecule is CC(C)N(Cc1nc2ccccc2c(=O)[nH]1)C(=O)c1cc(=O)[nH]c2ccccc12. The molecule has 0 saturated heterocycles. The molecule has 0 fully saturated rings. The van der Waals surface area contributed by atoms with Crippen molar-refractivity contribution >= 4 is 27.7 Å². The number of aromatic amines is 2. The number of pyridine rings is 1. The van der Waals surface area contributed by atoms with Crippen LogP contribution in [0, 0.1) is 0 Å². The average Bonchev–Trinajstić information content (AvgIpc) is 2.70. The molecule has 0 saturated carbocycles. The number of fused-ring (bicyclic) bond motifs is 2. The number of amides is 1. The van der Waals surface area contributed by atoms with Gasteiger partial charge in [-0.15, -0.1) is 0 Å². The van der Waals surface area contributed by atoms with E-state index in [9.17, 15) is 14.4 Å². The maximum atomic E-state index is 13.4. The first-order valence-corrected chi connectivity index (χ1v) is 9.35. The highest BCUT2D eigenvalue weighted by molar-refractivity contribution is 6.06. The smallest absolute Gasteiger partial charge is 0.258 e. The van der Waals surface area contributed by atoms with E-state index in [-0.39, 0.29) is 29.6 Å². The Balaban J connectivity index is 1.77. The van der Waals surface area contributed by atoms with Crippen molar-refractivity contribution in [1.82, 2.24) is 19.9 Å². The van der Waals surface area contributed by atoms with Gasteiger partial charge in [-0.2, -0.15) is 0 Å². The van der Waals surface area contributed by atoms with Gasteiger partial charge < -0.3 is 14.9 Å². The van der Waals surface area contributed by atoms with E-state index in [0.29, 0.717) is 33.2 Å². The predicted octanol–water partition coefficient (Wildman–Crippen LogP) is 2.82. The Morgan fingerprint density at radius 3 is 2.45 bits per heavy atom. The van der Waals surface area contributed by atoms with Gasteiger partial charge in [-0.05, 0) is 32.0 Å². The molecule has 0 aliphatic carbocycles. The van der Waals surface area contributed by atoms with E-state index in [4.69, 9.17) is 0 Å². The number of carbonyl (C=O) groups excluding carboxylic acids is 1. The van der Waals surface area contributed by atoms with Gasteiger partial charge in [-0.3, -0.25) is 14.4 Å². The average molecular weight is 388 g/mol. The topological polar surface area (TPSA) is 98.9 Å². The molecule has 0 aliphatic rings. The second-order valence-corrected chi connectivity index (χ2v) is 7.15. The summed E-state index contributed by atoms with van der Waals surface area (Å²) in [7, 11) is 0. The van der Waals surface area contributed by atoms with Gasteiger partial charge in [0.05, 0.1) is 23.0 Å². The number of para-hydroxylation sites is 2. The first-order valence-electron chi connectivity index (χ1n) is 9.35. The van der Waals surface area contributed by atoms with E-state index in [1.54, 1.807) is 41.3 Å². The van der Waals surface area contributed by atoms with Crippen molar-refractivity contribution in [1.29, 1.82) is 0 Å². The number of hydrogen-bond acceptors (Lipinski definition) is 4. The molecule has 2 aromatic heterocycles. The van der Waals surface area contributed by atoms with E-state index in [0.717, 1.165) is 0 Å². The number of benzene rings is 2. The van der Waals surface area contributed by atoms with Crippen LogP contribution in [0.1, 0.15) is 30.0 Å². The Morgan fingerprint density at radius 2 is 1.69 bits per heavy atom. The molecule has 29 heavy (non-hydrogen) atoms. The van der Waals surface area contributed by atoms with E-state index in [2.05, 4.69) is 15.0 Å². The zero-order valence-electron chi connectivity index (χ0n) is 16.1. The van der Waals surface area contributed by atoms with E-state index in [1.807, 2.05) is 26.0 Å². The lowest BCUT2D eigenvalue weighted by atomic mass is 10.1. The fraction of sp³-hybridized carbons (Fsp3) is 0.182. The summed E-state index contributed by atoms with van der Waals surface area (Å²) in [4.78, 5) is 49.4. The Bertz CT molecular complexity index is 1340. The summed E-state index contributed by atoms with van der Waals surface area (Å²) in [6.07, 6.45) is 0. The molecule has 0 bridgehead atoms. The fourth-order valence-corrected chi connectivity index (χ4v) is 3.40. The summed E-state index contributed by atoms with van der Waals surface area (Å²) in [5.74, 6) is 0.100. The van der Waals surface area contributed by atoms with Crippen molar-refractivity contribution in [3.8, 4) is 0 Å². The Morgan fingerprint density at radius 1 is 1.00 bits per heavy atom. The summed E-state index contributed by atoms with van der Waals surface area (Å²) < 4.78 is 0. The van der Waals surface area contributed by atoms with Gasteiger partial charge in [0, 0.05) is 23.0 Å². The Labute approximate surface area is 166 Å². The summed E-state index contributed by atoms with van der Waals surface area (Å²) in [6, 6.07) is 15.4. The monoisotopic (exact) mass is 388 g/mol. The van der Waals surface area contributed by atoms with Crippen LogP contribution < -0.4 is 11.1 Å². The van der Waals surface area contributed by atoms with Crippen molar-refractivity contribution in [3.63, 3.8) is 0 Å². The number of rotatable bonds is 4. The molecule has 0 unspecified atom stereocenters. The zero-order valence-corrected chi connectivity index (χ0v) is 16.1. The summed E-state index contributed by atoms with van der Waals surface area (Å²) in [6.45, 7) is 3.89. The molecular formula is C22H20N4O3. The van der Waals surface area contributed by atoms with Crippen LogP contribution >= 0.6 is 0 Å². The maximum Gasteiger partial charge on any atom is 0.258 e. The van der Waals surface area contributed by atoms with Crippen LogP contribution in [0.4, 0.5) is 0 Å². The zero-order chi connectivity index (χ0) is 20.5. The number of nitrogens with zero attached hydrogens (tertiary/aromatic N) is 2. The minimum absolute atomic E-state index is 0.123. The molecule has 1 amide bonds. The molecule has 2 N–H and O–H groups in total. The lowest BCUT2D eigenvalue weighted by Gasteiger charge is -2.26. The third kappa shape index (κ3) is 3.54. The number of nitrogens with one attached hydrogen (secondary N) is 2. The van der Waals surface area contributed by atoms with Crippen molar-refractivity contribution in [2.24, 2.45) is 0 Å². The third-order valence-electron chi connectivity index (χ3n) is 4.85. The lowest BCUT2D eigenvalue weighted by Crippen LogP contribution is -2.38. The standard InChI is InChI=1S/C22H20N4O3/c1-13(2)26(12-19-23-18-10-6-4-8-15(18)21(28)25-19)22(29)16-11-20(27)24-17-9-5-3-7-14(16)17/h3-11,13H,12H2,1-2H3,(H,24,27)(H,23,25,28). The molecule has 2 heterocycles. The molecule has 0 spiro atoms. The number of H-pyrrole nitrogens is 2. The van der Waals surface area contributed by atoms with Gasteiger partial charge in [0.2, 0.25) is 5.56 Å². The first kappa shape index (κ1) is 18.6. The van der Waals surface area contributed by atoms with Crippen LogP contribution in [0.15, 0.2) is 64.2 Å². The molecule has 0 radical (unpaired) electrons. The highest BCUT2D eigenvalue weighted by Gasteiger charge is 2.23. The van der Waals surface area contributed by atoms with Gasteiger partial charge in [-0.25, -0.2) is 4.98 Å². The molecule has 2 aromatic carbocycles. The third-order valence-corrected chi connectivity index (χ3v) is 4.85. The van der Waals surface area contributed by atoms with E-state index in [1.165, 1.54) is 6.07 Å². The van der Waals surface area contributed by atoms with Crippen LogP contribution in [-0.4, -0.2) is 31.8 Å². The Kier molecular flexibility index (Phi) is 4.72. The molecule has 0 atom stereocenters. The van der Waals surface area contributed by atoms with Crippen molar-refractivity contribution < 1.29 is 4.79 Å². The number of hydrogen-bond donors (Lipinski definition) is 2. The van der Waals surface area contributed by atoms with Gasteiger partial charge >= 0.3 is 0 Å². The minimum Gasteiger partial charge on any atom is -0.329 e. The van der Waals surface area contributed by atoms with Crippen molar-refractivity contribution in [2.45, 2.75) is 26.4 Å². The van der Waals surface area contributed by atoms with E-state index >= 15 is 0 Å². The number of carbonyl (C=O) groups is 1. The minimum atomic E-state index is -0.340. The first-order chi connectivity index (χ1) is 13.9. The highest BCUT2D eigenvalue weighted by atomic mass is 16.2.